The highest BCUT2D eigenvalue weighted by Crippen LogP contribution is 2.29. The summed E-state index contributed by atoms with van der Waals surface area (Å²) in [4.78, 5) is 23.3. The number of anilines is 1. The number of carbonyl (C=O) groups excluding carboxylic acids is 2. The molecule has 0 radical (unpaired) electrons. The highest BCUT2D eigenvalue weighted by atomic mass is 35.5. The maximum absolute atomic E-state index is 12.0. The van der Waals surface area contributed by atoms with E-state index in [1.807, 2.05) is 18.2 Å². The second kappa shape index (κ2) is 8.49. The summed E-state index contributed by atoms with van der Waals surface area (Å²) in [6.45, 7) is 0.789. The zero-order valence-corrected chi connectivity index (χ0v) is 14.6. The maximum Gasteiger partial charge on any atom is 0.234 e. The van der Waals surface area contributed by atoms with Crippen LogP contribution in [0.5, 0.6) is 0 Å². The van der Waals surface area contributed by atoms with E-state index in [9.17, 15) is 9.59 Å². The van der Waals surface area contributed by atoms with Gasteiger partial charge < -0.3 is 11.1 Å². The summed E-state index contributed by atoms with van der Waals surface area (Å²) in [5.41, 5.74) is 7.79. The van der Waals surface area contributed by atoms with Crippen molar-refractivity contribution < 1.29 is 9.59 Å². The number of hydrogen-bond acceptors (Lipinski definition) is 4. The number of benzene rings is 1. The molecule has 3 rings (SSSR count). The van der Waals surface area contributed by atoms with E-state index in [-0.39, 0.29) is 30.1 Å². The van der Waals surface area contributed by atoms with Crippen molar-refractivity contribution in [1.29, 1.82) is 0 Å². The van der Waals surface area contributed by atoms with Gasteiger partial charge in [0.1, 0.15) is 0 Å². The van der Waals surface area contributed by atoms with Gasteiger partial charge >= 0.3 is 0 Å². The minimum Gasteiger partial charge on any atom is -0.382 e. The molecular weight excluding hydrogens is 326 g/mol. The van der Waals surface area contributed by atoms with E-state index in [1.54, 1.807) is 0 Å². The zero-order chi connectivity index (χ0) is 16.2. The monoisotopic (exact) mass is 351 g/mol. The molecule has 24 heavy (non-hydrogen) atoms. The molecule has 1 aromatic carbocycles. The smallest absolute Gasteiger partial charge is 0.234 e. The summed E-state index contributed by atoms with van der Waals surface area (Å²) in [5, 5.41) is 6.02. The van der Waals surface area contributed by atoms with Crippen LogP contribution in [0.2, 0.25) is 0 Å². The first-order chi connectivity index (χ1) is 11.2. The first-order valence-corrected chi connectivity index (χ1v) is 8.56. The lowest BCUT2D eigenvalue weighted by Crippen LogP contribution is -2.39. The third-order valence-corrected chi connectivity index (χ3v) is 5.08. The van der Waals surface area contributed by atoms with E-state index in [0.29, 0.717) is 24.8 Å². The van der Waals surface area contributed by atoms with E-state index in [0.717, 1.165) is 30.6 Å². The van der Waals surface area contributed by atoms with Crippen molar-refractivity contribution in [3.8, 4) is 0 Å². The largest absolute Gasteiger partial charge is 0.382 e. The van der Waals surface area contributed by atoms with Gasteiger partial charge in [-0.2, -0.15) is 0 Å². The molecule has 2 amide bonds. The van der Waals surface area contributed by atoms with E-state index < -0.39 is 0 Å². The second-order valence-corrected chi connectivity index (χ2v) is 6.73. The molecule has 0 bridgehead atoms. The van der Waals surface area contributed by atoms with Crippen LogP contribution in [0.25, 0.3) is 0 Å². The topological polar surface area (TPSA) is 84.2 Å². The van der Waals surface area contributed by atoms with Crippen molar-refractivity contribution in [1.82, 2.24) is 5.32 Å². The van der Waals surface area contributed by atoms with Crippen LogP contribution in [-0.2, 0) is 9.59 Å². The fraction of sp³-hybridized carbons (Fsp3) is 0.556. The number of nitrogens with two attached hydrogens (primary N) is 1. The number of imide groups is 1. The Labute approximate surface area is 149 Å². The summed E-state index contributed by atoms with van der Waals surface area (Å²) in [5.74, 6) is 0.101. The predicted molar refractivity (Wildman–Crippen MR) is 97.2 cm³/mol. The van der Waals surface area contributed by atoms with E-state index in [2.05, 4.69) is 16.7 Å². The Kier molecular flexibility index (Phi) is 6.63. The average molecular weight is 352 g/mol. The molecule has 2 fully saturated rings. The van der Waals surface area contributed by atoms with Crippen molar-refractivity contribution in [3.05, 3.63) is 29.8 Å². The number of halogens is 1. The lowest BCUT2D eigenvalue weighted by molar-refractivity contribution is -0.134. The molecular formula is C18H26ClN3O2. The third-order valence-electron chi connectivity index (χ3n) is 5.08. The molecule has 1 aliphatic carbocycles. The zero-order valence-electron chi connectivity index (χ0n) is 13.8. The molecule has 1 saturated carbocycles. The number of piperidine rings is 1. The molecule has 0 spiro atoms. The standard InChI is InChI=1S/C18H25N3O2.ClH/c19-11-12-4-6-14(7-5-12)20-15-3-1-2-13(10-15)16-8-9-17(22)21-18(16)23;/h1-3,10,12,14,16,20H,4-9,11,19H2,(H,21,22,23);1H. The Balaban J connectivity index is 0.00000208. The molecule has 5 nitrogen and oxygen atoms in total. The van der Waals surface area contributed by atoms with Gasteiger partial charge in [-0.25, -0.2) is 0 Å². The van der Waals surface area contributed by atoms with Crippen LogP contribution in [0, 0.1) is 5.92 Å². The van der Waals surface area contributed by atoms with Gasteiger partial charge in [-0.3, -0.25) is 14.9 Å². The number of nitrogens with one attached hydrogen (secondary N) is 2. The van der Waals surface area contributed by atoms with Gasteiger partial charge in [0.2, 0.25) is 11.8 Å². The fourth-order valence-corrected chi connectivity index (χ4v) is 3.63. The van der Waals surface area contributed by atoms with Gasteiger partial charge in [0.05, 0.1) is 5.92 Å². The quantitative estimate of drug-likeness (QED) is 0.728. The van der Waals surface area contributed by atoms with Crippen LogP contribution in [0.1, 0.15) is 50.0 Å². The molecule has 1 atom stereocenters. The summed E-state index contributed by atoms with van der Waals surface area (Å²) in [6.07, 6.45) is 5.66. The molecule has 1 aromatic rings. The number of amides is 2. The first-order valence-electron chi connectivity index (χ1n) is 8.56. The molecule has 1 heterocycles. The summed E-state index contributed by atoms with van der Waals surface area (Å²) in [6, 6.07) is 8.53. The van der Waals surface area contributed by atoms with Gasteiger partial charge in [-0.15, -0.1) is 12.4 Å². The Morgan fingerprint density at radius 3 is 2.54 bits per heavy atom. The summed E-state index contributed by atoms with van der Waals surface area (Å²) in [7, 11) is 0. The maximum atomic E-state index is 12.0. The van der Waals surface area contributed by atoms with E-state index >= 15 is 0 Å². The Morgan fingerprint density at radius 2 is 1.88 bits per heavy atom. The van der Waals surface area contributed by atoms with Gasteiger partial charge in [0, 0.05) is 18.2 Å². The molecule has 132 valence electrons. The van der Waals surface area contributed by atoms with Gasteiger partial charge in [0.25, 0.3) is 0 Å². The van der Waals surface area contributed by atoms with Crippen molar-refractivity contribution in [2.75, 3.05) is 11.9 Å². The second-order valence-electron chi connectivity index (χ2n) is 6.73. The number of carbonyl (C=O) groups is 2. The van der Waals surface area contributed by atoms with Crippen molar-refractivity contribution in [3.63, 3.8) is 0 Å². The van der Waals surface area contributed by atoms with E-state index in [4.69, 9.17) is 5.73 Å². The lowest BCUT2D eigenvalue weighted by atomic mass is 9.86. The Hall–Kier alpha value is -1.59. The molecule has 1 saturated heterocycles. The minimum absolute atomic E-state index is 0. The minimum atomic E-state index is -0.220. The first kappa shape index (κ1) is 18.7. The highest BCUT2D eigenvalue weighted by Gasteiger charge is 2.28. The molecule has 4 N–H and O–H groups in total. The number of hydrogen-bond donors (Lipinski definition) is 3. The highest BCUT2D eigenvalue weighted by molar-refractivity contribution is 6.01. The molecule has 0 aromatic heterocycles. The SMILES string of the molecule is Cl.NCC1CCC(Nc2cccc(C3CCC(=O)NC3=O)c2)CC1. The normalized spacial score (nSPS) is 27.1. The van der Waals surface area contributed by atoms with Crippen LogP contribution in [-0.4, -0.2) is 24.4 Å². The van der Waals surface area contributed by atoms with Crippen LogP contribution < -0.4 is 16.4 Å². The van der Waals surface area contributed by atoms with Crippen LogP contribution in [0.3, 0.4) is 0 Å². The Bertz CT molecular complexity index is 585. The van der Waals surface area contributed by atoms with Crippen molar-refractivity contribution in [2.45, 2.75) is 50.5 Å². The summed E-state index contributed by atoms with van der Waals surface area (Å²) >= 11 is 0. The molecule has 1 aliphatic heterocycles. The Morgan fingerprint density at radius 1 is 1.12 bits per heavy atom. The molecule has 1 unspecified atom stereocenters. The van der Waals surface area contributed by atoms with Gasteiger partial charge in [0.15, 0.2) is 0 Å². The average Bonchev–Trinajstić information content (AvgIpc) is 2.56. The van der Waals surface area contributed by atoms with Gasteiger partial charge in [-0.1, -0.05) is 12.1 Å². The van der Waals surface area contributed by atoms with Gasteiger partial charge in [-0.05, 0) is 62.3 Å². The fourth-order valence-electron chi connectivity index (χ4n) is 3.63. The van der Waals surface area contributed by atoms with Crippen molar-refractivity contribution in [2.24, 2.45) is 11.7 Å². The van der Waals surface area contributed by atoms with Crippen molar-refractivity contribution >= 4 is 29.9 Å². The van der Waals surface area contributed by atoms with E-state index in [1.165, 1.54) is 12.8 Å². The molecule has 6 heteroatoms. The summed E-state index contributed by atoms with van der Waals surface area (Å²) < 4.78 is 0. The van der Waals surface area contributed by atoms with Crippen LogP contribution >= 0.6 is 12.4 Å². The van der Waals surface area contributed by atoms with Crippen LogP contribution in [0.4, 0.5) is 5.69 Å². The lowest BCUT2D eigenvalue weighted by Gasteiger charge is -2.29. The number of rotatable bonds is 4. The van der Waals surface area contributed by atoms with Crippen LogP contribution in [0.15, 0.2) is 24.3 Å². The predicted octanol–water partition coefficient (Wildman–Crippen LogP) is 2.56. The molecule has 2 aliphatic rings. The third kappa shape index (κ3) is 4.48.